The van der Waals surface area contributed by atoms with Crippen molar-refractivity contribution in [2.24, 2.45) is 0 Å². The zero-order valence-electron chi connectivity index (χ0n) is 14.4. The van der Waals surface area contributed by atoms with E-state index in [9.17, 15) is 13.2 Å². The Morgan fingerprint density at radius 3 is 2.44 bits per heavy atom. The van der Waals surface area contributed by atoms with Gasteiger partial charge in [0, 0.05) is 19.6 Å². The number of urea groups is 1. The molecule has 0 aromatic heterocycles. The Balaban J connectivity index is 1.80. The van der Waals surface area contributed by atoms with Gasteiger partial charge in [0.1, 0.15) is 12.4 Å². The Bertz CT molecular complexity index is 642. The highest BCUT2D eigenvalue weighted by Gasteiger charge is 2.26. The summed E-state index contributed by atoms with van der Waals surface area (Å²) in [6.07, 6.45) is 0.879. The second-order valence-corrected chi connectivity index (χ2v) is 7.46. The van der Waals surface area contributed by atoms with Gasteiger partial charge in [0.15, 0.2) is 0 Å². The van der Waals surface area contributed by atoms with Crippen molar-refractivity contribution in [3.63, 3.8) is 0 Å². The summed E-state index contributed by atoms with van der Waals surface area (Å²) >= 11 is 0. The van der Waals surface area contributed by atoms with Crippen LogP contribution in [-0.2, 0) is 14.8 Å². The number of carbonyl (C=O) groups is 1. The Kier molecular flexibility index (Phi) is 7.48. The van der Waals surface area contributed by atoms with E-state index in [2.05, 4.69) is 10.6 Å². The summed E-state index contributed by atoms with van der Waals surface area (Å²) in [5.74, 6) is 0.552. The highest BCUT2D eigenvalue weighted by molar-refractivity contribution is 7.89. The maximum absolute atomic E-state index is 12.5. The zero-order valence-corrected chi connectivity index (χ0v) is 15.2. The summed E-state index contributed by atoms with van der Waals surface area (Å²) in [4.78, 5) is 11.6. The van der Waals surface area contributed by atoms with Crippen LogP contribution in [0.1, 0.15) is 13.3 Å². The van der Waals surface area contributed by atoms with Crippen LogP contribution in [0.25, 0.3) is 0 Å². The molecule has 0 saturated carbocycles. The van der Waals surface area contributed by atoms with Gasteiger partial charge in [-0.15, -0.1) is 0 Å². The first-order chi connectivity index (χ1) is 12.0. The van der Waals surface area contributed by atoms with Crippen molar-refractivity contribution in [1.82, 2.24) is 14.9 Å². The van der Waals surface area contributed by atoms with Gasteiger partial charge in [0.25, 0.3) is 0 Å². The first kappa shape index (κ1) is 19.5. The van der Waals surface area contributed by atoms with Crippen LogP contribution in [0.15, 0.2) is 29.2 Å². The molecule has 1 heterocycles. The summed E-state index contributed by atoms with van der Waals surface area (Å²) < 4.78 is 37.1. The second kappa shape index (κ2) is 9.59. The molecule has 25 heavy (non-hydrogen) atoms. The normalized spacial score (nSPS) is 15.6. The number of amides is 2. The van der Waals surface area contributed by atoms with E-state index in [1.165, 1.54) is 16.4 Å². The van der Waals surface area contributed by atoms with Crippen molar-refractivity contribution >= 4 is 16.1 Å². The number of benzene rings is 1. The third-order valence-corrected chi connectivity index (χ3v) is 5.54. The van der Waals surface area contributed by atoms with E-state index in [0.717, 1.165) is 6.42 Å². The molecule has 0 aliphatic carbocycles. The molecule has 0 atom stereocenters. The molecule has 0 unspecified atom stereocenters. The van der Waals surface area contributed by atoms with E-state index in [-0.39, 0.29) is 10.9 Å². The Morgan fingerprint density at radius 1 is 1.16 bits per heavy atom. The smallest absolute Gasteiger partial charge is 0.314 e. The second-order valence-electron chi connectivity index (χ2n) is 5.52. The average molecular weight is 371 g/mol. The number of ether oxygens (including phenoxy) is 2. The molecule has 0 bridgehead atoms. The average Bonchev–Trinajstić information content (AvgIpc) is 2.64. The fraction of sp³-hybridized carbons (Fsp3) is 0.562. The first-order valence-corrected chi connectivity index (χ1v) is 9.80. The summed E-state index contributed by atoms with van der Waals surface area (Å²) in [6.45, 7) is 4.84. The SMILES string of the molecule is CCCNC(=O)NCCOc1ccc(S(=O)(=O)N2CCOCC2)cc1. The highest BCUT2D eigenvalue weighted by atomic mass is 32.2. The van der Waals surface area contributed by atoms with Crippen LogP contribution in [0.2, 0.25) is 0 Å². The molecule has 1 aromatic rings. The molecular formula is C16H25N3O5S. The molecule has 0 spiro atoms. The number of nitrogens with one attached hydrogen (secondary N) is 2. The minimum Gasteiger partial charge on any atom is -0.492 e. The predicted octanol–water partition coefficient (Wildman–Crippen LogP) is 0.796. The number of morpholine rings is 1. The molecule has 1 aliphatic heterocycles. The number of hydrogen-bond donors (Lipinski definition) is 2. The van der Waals surface area contributed by atoms with E-state index >= 15 is 0 Å². The monoisotopic (exact) mass is 371 g/mol. The van der Waals surface area contributed by atoms with Crippen LogP contribution in [0.5, 0.6) is 5.75 Å². The quantitative estimate of drug-likeness (QED) is 0.659. The van der Waals surface area contributed by atoms with Crippen molar-refractivity contribution in [1.29, 1.82) is 0 Å². The molecule has 2 N–H and O–H groups in total. The number of rotatable bonds is 8. The Hall–Kier alpha value is -1.84. The maximum Gasteiger partial charge on any atom is 0.314 e. The molecule has 9 heteroatoms. The molecule has 1 aliphatic rings. The zero-order chi connectivity index (χ0) is 18.1. The summed E-state index contributed by atoms with van der Waals surface area (Å²) in [6, 6.07) is 6.07. The van der Waals surface area contributed by atoms with Crippen molar-refractivity contribution in [2.75, 3.05) is 46.0 Å². The molecule has 2 amide bonds. The van der Waals surface area contributed by atoms with Gasteiger partial charge in [-0.05, 0) is 30.7 Å². The van der Waals surface area contributed by atoms with Gasteiger partial charge in [-0.3, -0.25) is 0 Å². The number of nitrogens with zero attached hydrogens (tertiary/aromatic N) is 1. The summed E-state index contributed by atoms with van der Waals surface area (Å²) in [5, 5.41) is 5.38. The number of sulfonamides is 1. The fourth-order valence-corrected chi connectivity index (χ4v) is 3.69. The van der Waals surface area contributed by atoms with Gasteiger partial charge in [-0.1, -0.05) is 6.92 Å². The minimum atomic E-state index is -3.49. The van der Waals surface area contributed by atoms with Crippen LogP contribution < -0.4 is 15.4 Å². The van der Waals surface area contributed by atoms with Crippen LogP contribution in [0, 0.1) is 0 Å². The Morgan fingerprint density at radius 2 is 1.80 bits per heavy atom. The molecule has 140 valence electrons. The van der Waals surface area contributed by atoms with Crippen LogP contribution in [-0.4, -0.2) is 64.8 Å². The highest BCUT2D eigenvalue weighted by Crippen LogP contribution is 2.20. The molecule has 2 rings (SSSR count). The fourth-order valence-electron chi connectivity index (χ4n) is 2.28. The van der Waals surface area contributed by atoms with Crippen LogP contribution in [0.4, 0.5) is 4.79 Å². The van der Waals surface area contributed by atoms with E-state index in [1.54, 1.807) is 12.1 Å². The molecular weight excluding hydrogens is 346 g/mol. The van der Waals surface area contributed by atoms with E-state index < -0.39 is 10.0 Å². The lowest BCUT2D eigenvalue weighted by molar-refractivity contribution is 0.0730. The van der Waals surface area contributed by atoms with Gasteiger partial charge in [-0.25, -0.2) is 13.2 Å². The topological polar surface area (TPSA) is 97.0 Å². The third-order valence-electron chi connectivity index (χ3n) is 3.62. The van der Waals surface area contributed by atoms with Crippen LogP contribution >= 0.6 is 0 Å². The van der Waals surface area contributed by atoms with Crippen molar-refractivity contribution < 1.29 is 22.7 Å². The van der Waals surface area contributed by atoms with Crippen molar-refractivity contribution in [2.45, 2.75) is 18.2 Å². The van der Waals surface area contributed by atoms with Gasteiger partial charge in [0.2, 0.25) is 10.0 Å². The molecule has 0 radical (unpaired) electrons. The predicted molar refractivity (Wildman–Crippen MR) is 93.2 cm³/mol. The van der Waals surface area contributed by atoms with Crippen molar-refractivity contribution in [3.05, 3.63) is 24.3 Å². The molecule has 1 aromatic carbocycles. The van der Waals surface area contributed by atoms with Crippen LogP contribution in [0.3, 0.4) is 0 Å². The Labute approximate surface area is 148 Å². The molecule has 1 saturated heterocycles. The van der Waals surface area contributed by atoms with E-state index in [4.69, 9.17) is 9.47 Å². The van der Waals surface area contributed by atoms with Gasteiger partial charge >= 0.3 is 6.03 Å². The molecule has 8 nitrogen and oxygen atoms in total. The van der Waals surface area contributed by atoms with E-state index in [1.807, 2.05) is 6.92 Å². The van der Waals surface area contributed by atoms with E-state index in [0.29, 0.717) is 51.7 Å². The van der Waals surface area contributed by atoms with Gasteiger partial charge in [-0.2, -0.15) is 4.31 Å². The summed E-state index contributed by atoms with van der Waals surface area (Å²) in [7, 11) is -3.49. The van der Waals surface area contributed by atoms with Crippen molar-refractivity contribution in [3.8, 4) is 5.75 Å². The first-order valence-electron chi connectivity index (χ1n) is 8.36. The standard InChI is InChI=1S/C16H25N3O5S/c1-2-7-17-16(20)18-8-11-24-14-3-5-15(6-4-14)25(21,22)19-9-12-23-13-10-19/h3-6H,2,7-13H2,1H3,(H2,17,18,20). The lowest BCUT2D eigenvalue weighted by atomic mass is 10.3. The molecule has 1 fully saturated rings. The van der Waals surface area contributed by atoms with Gasteiger partial charge < -0.3 is 20.1 Å². The van der Waals surface area contributed by atoms with Gasteiger partial charge in [0.05, 0.1) is 24.7 Å². The summed E-state index contributed by atoms with van der Waals surface area (Å²) in [5.41, 5.74) is 0. The lowest BCUT2D eigenvalue weighted by Gasteiger charge is -2.26. The maximum atomic E-state index is 12.5. The minimum absolute atomic E-state index is 0.225. The third kappa shape index (κ3) is 5.87. The number of hydrogen-bond acceptors (Lipinski definition) is 5. The number of carbonyl (C=O) groups excluding carboxylic acids is 1. The largest absolute Gasteiger partial charge is 0.492 e. The lowest BCUT2D eigenvalue weighted by Crippen LogP contribution is -2.40.